The summed E-state index contributed by atoms with van der Waals surface area (Å²) in [6.07, 6.45) is 1.000. The van der Waals surface area contributed by atoms with E-state index < -0.39 is 21.2 Å². The van der Waals surface area contributed by atoms with E-state index in [0.717, 1.165) is 37.2 Å². The number of aliphatic hydroxyl groups excluding tert-OH is 1. The third-order valence-electron chi connectivity index (χ3n) is 8.60. The lowest BCUT2D eigenvalue weighted by Crippen LogP contribution is -2.47. The highest BCUT2D eigenvalue weighted by Crippen LogP contribution is 2.22. The van der Waals surface area contributed by atoms with Gasteiger partial charge in [0, 0.05) is 31.4 Å². The van der Waals surface area contributed by atoms with Crippen molar-refractivity contribution in [3.05, 3.63) is 114 Å². The lowest BCUT2D eigenvalue weighted by atomic mass is 9.87. The zero-order valence-electron chi connectivity index (χ0n) is 28.2. The molecular formula is C39H48N3O5Si. The Hall–Kier alpha value is -4.31. The van der Waals surface area contributed by atoms with Gasteiger partial charge in [0.1, 0.15) is 24.2 Å². The first kappa shape index (κ1) is 35.0. The fourth-order valence-electron chi connectivity index (χ4n) is 5.69. The van der Waals surface area contributed by atoms with Gasteiger partial charge in [-0.3, -0.25) is 0 Å². The second kappa shape index (κ2) is 16.7. The molecule has 4 N–H and O–H groups in total. The van der Waals surface area contributed by atoms with Gasteiger partial charge in [-0.1, -0.05) is 87.5 Å². The van der Waals surface area contributed by atoms with Crippen molar-refractivity contribution in [2.45, 2.75) is 57.6 Å². The Morgan fingerprint density at radius 1 is 0.875 bits per heavy atom. The Kier molecular flexibility index (Phi) is 12.2. The number of piperidine rings is 1. The molecule has 1 amide bonds. The number of likely N-dealkylation sites (tertiary alicyclic amines) is 1. The number of benzene rings is 4. The molecule has 9 heteroatoms. The number of amides is 1. The van der Waals surface area contributed by atoms with E-state index in [4.69, 9.17) is 14.3 Å². The summed E-state index contributed by atoms with van der Waals surface area (Å²) >= 11 is 0. The fraction of sp³-hybridized carbons (Fsp3) is 0.359. The standard InChI is InChI=1S/C39H48N3O5Si/c1-39(2,3)30-11-19-37(20-12-30)48(36-7-5-4-6-8-36)47-35-17-15-34(16-18-35)46-28-33(43)27-40-24-21-29-9-13-31(14-10-29)41-32-22-25-42(26-23-32)38(44)45/h4-20,32-33,40-41,43H,21-28H2,1-3H3,(H,44,45). The first-order valence-corrected chi connectivity index (χ1v) is 18.2. The molecular weight excluding hydrogens is 619 g/mol. The van der Waals surface area contributed by atoms with E-state index in [2.05, 4.69) is 104 Å². The van der Waals surface area contributed by atoms with Crippen molar-refractivity contribution in [1.29, 1.82) is 0 Å². The molecule has 1 heterocycles. The predicted octanol–water partition coefficient (Wildman–Crippen LogP) is 5.30. The molecule has 48 heavy (non-hydrogen) atoms. The smallest absolute Gasteiger partial charge is 0.407 e. The Labute approximate surface area is 286 Å². The molecule has 253 valence electrons. The highest BCUT2D eigenvalue weighted by molar-refractivity contribution is 6.80. The van der Waals surface area contributed by atoms with Crippen LogP contribution in [0.15, 0.2) is 103 Å². The van der Waals surface area contributed by atoms with Crippen molar-refractivity contribution in [2.24, 2.45) is 0 Å². The highest BCUT2D eigenvalue weighted by atomic mass is 28.3. The molecule has 8 nitrogen and oxygen atoms in total. The average Bonchev–Trinajstić information content (AvgIpc) is 3.09. The van der Waals surface area contributed by atoms with E-state index in [1.807, 2.05) is 30.3 Å². The number of carbonyl (C=O) groups is 1. The molecule has 1 radical (unpaired) electrons. The molecule has 4 aromatic carbocycles. The number of nitrogens with zero attached hydrogens (tertiary/aromatic N) is 1. The van der Waals surface area contributed by atoms with E-state index in [9.17, 15) is 9.90 Å². The minimum Gasteiger partial charge on any atom is -0.533 e. The minimum absolute atomic E-state index is 0.0944. The van der Waals surface area contributed by atoms with Gasteiger partial charge in [0.05, 0.1) is 0 Å². The maximum absolute atomic E-state index is 11.1. The quantitative estimate of drug-likeness (QED) is 0.107. The molecule has 0 aliphatic carbocycles. The monoisotopic (exact) mass is 666 g/mol. The summed E-state index contributed by atoms with van der Waals surface area (Å²) < 4.78 is 12.5. The van der Waals surface area contributed by atoms with Crippen molar-refractivity contribution < 1.29 is 24.2 Å². The van der Waals surface area contributed by atoms with Crippen LogP contribution >= 0.6 is 0 Å². The second-order valence-electron chi connectivity index (χ2n) is 13.4. The second-order valence-corrected chi connectivity index (χ2v) is 15.4. The van der Waals surface area contributed by atoms with Crippen LogP contribution in [-0.4, -0.2) is 75.2 Å². The van der Waals surface area contributed by atoms with Crippen LogP contribution in [0.4, 0.5) is 10.5 Å². The van der Waals surface area contributed by atoms with E-state index >= 15 is 0 Å². The molecule has 5 rings (SSSR count). The summed E-state index contributed by atoms with van der Waals surface area (Å²) in [7, 11) is -1.51. The lowest BCUT2D eigenvalue weighted by Gasteiger charge is -2.31. The molecule has 0 aromatic heterocycles. The molecule has 0 bridgehead atoms. The van der Waals surface area contributed by atoms with Crippen LogP contribution in [0.1, 0.15) is 44.7 Å². The normalized spacial score (nSPS) is 14.5. The number of hydrogen-bond acceptors (Lipinski definition) is 6. The first-order chi connectivity index (χ1) is 23.1. The number of carboxylic acid groups (broad SMARTS) is 1. The molecule has 1 aliphatic heterocycles. The van der Waals surface area contributed by atoms with Crippen molar-refractivity contribution in [3.8, 4) is 11.5 Å². The van der Waals surface area contributed by atoms with Gasteiger partial charge in [-0.05, 0) is 89.1 Å². The number of nitrogens with one attached hydrogen (secondary N) is 2. The van der Waals surface area contributed by atoms with Gasteiger partial charge in [0.2, 0.25) is 0 Å². The number of aliphatic hydroxyl groups is 1. The Morgan fingerprint density at radius 2 is 1.50 bits per heavy atom. The zero-order chi connectivity index (χ0) is 33.9. The van der Waals surface area contributed by atoms with Gasteiger partial charge in [-0.2, -0.15) is 0 Å². The van der Waals surface area contributed by atoms with Crippen LogP contribution < -0.4 is 30.2 Å². The summed E-state index contributed by atoms with van der Waals surface area (Å²) in [6, 6.07) is 35.5. The minimum atomic E-state index is -1.51. The number of ether oxygens (including phenoxy) is 1. The predicted molar refractivity (Wildman–Crippen MR) is 194 cm³/mol. The topological polar surface area (TPSA) is 103 Å². The van der Waals surface area contributed by atoms with Crippen LogP contribution in [0.25, 0.3) is 0 Å². The Balaban J connectivity index is 1.03. The van der Waals surface area contributed by atoms with Crippen LogP contribution in [0.3, 0.4) is 0 Å². The molecule has 1 atom stereocenters. The third kappa shape index (κ3) is 10.3. The van der Waals surface area contributed by atoms with Crippen LogP contribution in [-0.2, 0) is 11.8 Å². The van der Waals surface area contributed by atoms with Crippen molar-refractivity contribution in [2.75, 3.05) is 38.1 Å². The summed E-state index contributed by atoms with van der Waals surface area (Å²) in [5.41, 5.74) is 3.65. The van der Waals surface area contributed by atoms with Gasteiger partial charge >= 0.3 is 15.1 Å². The van der Waals surface area contributed by atoms with E-state index in [0.29, 0.717) is 31.4 Å². The van der Waals surface area contributed by atoms with Gasteiger partial charge in [0.25, 0.3) is 0 Å². The van der Waals surface area contributed by atoms with Crippen molar-refractivity contribution >= 4 is 31.2 Å². The zero-order valence-corrected chi connectivity index (χ0v) is 29.2. The molecule has 1 fully saturated rings. The summed E-state index contributed by atoms with van der Waals surface area (Å²) in [6.45, 7) is 9.18. The van der Waals surface area contributed by atoms with Crippen LogP contribution in [0.2, 0.25) is 0 Å². The Morgan fingerprint density at radius 3 is 2.12 bits per heavy atom. The number of hydrogen-bond donors (Lipinski definition) is 4. The van der Waals surface area contributed by atoms with Gasteiger partial charge in [0.15, 0.2) is 0 Å². The average molecular weight is 667 g/mol. The summed E-state index contributed by atoms with van der Waals surface area (Å²) in [5, 5.41) is 28.8. The molecule has 1 saturated heterocycles. The molecule has 0 spiro atoms. The fourth-order valence-corrected chi connectivity index (χ4v) is 7.59. The maximum atomic E-state index is 11.1. The van der Waals surface area contributed by atoms with Crippen LogP contribution in [0, 0.1) is 0 Å². The largest absolute Gasteiger partial charge is 0.533 e. The molecule has 1 unspecified atom stereocenters. The number of anilines is 1. The van der Waals surface area contributed by atoms with Gasteiger partial charge in [-0.25, -0.2) is 4.79 Å². The molecule has 4 aromatic rings. The van der Waals surface area contributed by atoms with Crippen molar-refractivity contribution in [3.63, 3.8) is 0 Å². The lowest BCUT2D eigenvalue weighted by molar-refractivity contribution is 0.106. The summed E-state index contributed by atoms with van der Waals surface area (Å²) in [5.74, 6) is 1.47. The van der Waals surface area contributed by atoms with Gasteiger partial charge < -0.3 is 34.9 Å². The van der Waals surface area contributed by atoms with Crippen LogP contribution in [0.5, 0.6) is 11.5 Å². The SMILES string of the molecule is CC(C)(C)c1ccc([Si](Oc2ccc(OCC(O)CNCCc3ccc(NC4CCN(C(=O)O)CC4)cc3)cc2)c2ccccc2)cc1. The Bertz CT molecular complexity index is 1550. The first-order valence-electron chi connectivity index (χ1n) is 16.8. The van der Waals surface area contributed by atoms with Gasteiger partial charge in [-0.15, -0.1) is 0 Å². The highest BCUT2D eigenvalue weighted by Gasteiger charge is 2.24. The maximum Gasteiger partial charge on any atom is 0.407 e. The van der Waals surface area contributed by atoms with E-state index in [1.54, 1.807) is 0 Å². The molecule has 1 aliphatic rings. The van der Waals surface area contributed by atoms with Crippen molar-refractivity contribution in [1.82, 2.24) is 10.2 Å². The number of rotatable bonds is 14. The van der Waals surface area contributed by atoms with E-state index in [-0.39, 0.29) is 12.0 Å². The molecule has 0 saturated carbocycles. The third-order valence-corrected chi connectivity index (χ3v) is 10.8. The van der Waals surface area contributed by atoms with E-state index in [1.165, 1.54) is 26.4 Å². The summed E-state index contributed by atoms with van der Waals surface area (Å²) in [4.78, 5) is 12.6.